The summed E-state index contributed by atoms with van der Waals surface area (Å²) in [7, 11) is 0. The zero-order chi connectivity index (χ0) is 68.9. The molecule has 3 aliphatic rings. The topological polar surface area (TPSA) is 307 Å². The Morgan fingerprint density at radius 2 is 0.726 bits per heavy atom. The molecule has 0 aromatic rings. The van der Waals surface area contributed by atoms with Crippen LogP contribution in [0.1, 0.15) is 232 Å². The molecule has 0 spiro atoms. The number of hydrogen-bond acceptors (Lipinski definition) is 18. The maximum absolute atomic E-state index is 13.4. The second kappa shape index (κ2) is 56.2. The maximum Gasteiger partial charge on any atom is 0.220 e. The first-order chi connectivity index (χ1) is 46.3. The highest BCUT2D eigenvalue weighted by atomic mass is 16.8. The largest absolute Gasteiger partial charge is 0.394 e. The van der Waals surface area contributed by atoms with E-state index in [0.29, 0.717) is 6.42 Å². The van der Waals surface area contributed by atoms with Gasteiger partial charge in [0.05, 0.1) is 38.6 Å². The number of allylic oxidation sites excluding steroid dienone is 17. The molecule has 0 bridgehead atoms. The quantitative estimate of drug-likeness (QED) is 0.0199. The summed E-state index contributed by atoms with van der Waals surface area (Å²) in [6.07, 6.45) is 49.1. The fourth-order valence-electron chi connectivity index (χ4n) is 11.7. The van der Waals surface area contributed by atoms with Crippen LogP contribution in [0.2, 0.25) is 0 Å². The van der Waals surface area contributed by atoms with E-state index in [9.17, 15) is 61.0 Å². The van der Waals surface area contributed by atoms with Gasteiger partial charge in [-0.15, -0.1) is 0 Å². The van der Waals surface area contributed by atoms with Crippen LogP contribution in [0.3, 0.4) is 0 Å². The van der Waals surface area contributed by atoms with E-state index in [2.05, 4.69) is 116 Å². The van der Waals surface area contributed by atoms with Crippen molar-refractivity contribution in [3.05, 3.63) is 109 Å². The SMILES string of the molecule is CC/C=C\C/C=C\C/C=C\C/C=C\C/C=C\C/C=C\C/C=C\C/C=C\CCCCCCCCCCC(=O)NC(COC1OC(CO)C(OC2OC(CO)C(OC3OC(CO)C(O)C(O)C3O)C(O)C2O)C(O)C1O)C(O)/C=C/CCCCCCCCCCCCCCCCC. The van der Waals surface area contributed by atoms with E-state index in [1.807, 2.05) is 6.08 Å². The molecule has 19 nitrogen and oxygen atoms in total. The third-order valence-electron chi connectivity index (χ3n) is 17.6. The first-order valence-electron chi connectivity index (χ1n) is 36.6. The minimum absolute atomic E-state index is 0.227. The van der Waals surface area contributed by atoms with Crippen molar-refractivity contribution >= 4 is 5.91 Å². The van der Waals surface area contributed by atoms with Crippen molar-refractivity contribution in [2.75, 3.05) is 26.4 Å². The summed E-state index contributed by atoms with van der Waals surface area (Å²) in [6.45, 7) is 1.61. The van der Waals surface area contributed by atoms with Gasteiger partial charge in [0.1, 0.15) is 73.2 Å². The summed E-state index contributed by atoms with van der Waals surface area (Å²) in [4.78, 5) is 13.4. The third-order valence-corrected chi connectivity index (χ3v) is 17.6. The molecule has 3 heterocycles. The van der Waals surface area contributed by atoms with Gasteiger partial charge in [0.15, 0.2) is 18.9 Å². The minimum Gasteiger partial charge on any atom is -0.394 e. The first-order valence-corrected chi connectivity index (χ1v) is 36.6. The van der Waals surface area contributed by atoms with E-state index in [4.69, 9.17) is 28.4 Å². The van der Waals surface area contributed by atoms with Crippen molar-refractivity contribution in [1.82, 2.24) is 5.32 Å². The monoisotopic (exact) mass is 1340 g/mol. The fraction of sp³-hybridized carbons (Fsp3) is 0.750. The lowest BCUT2D eigenvalue weighted by Gasteiger charge is -2.48. The molecule has 17 atom stereocenters. The van der Waals surface area contributed by atoms with E-state index in [1.54, 1.807) is 6.08 Å². The summed E-state index contributed by atoms with van der Waals surface area (Å²) in [5, 5.41) is 121. The van der Waals surface area contributed by atoms with Crippen molar-refractivity contribution < 1.29 is 89.4 Å². The third kappa shape index (κ3) is 37.5. The maximum atomic E-state index is 13.4. The van der Waals surface area contributed by atoms with Gasteiger partial charge in [-0.1, -0.05) is 252 Å². The van der Waals surface area contributed by atoms with E-state index in [1.165, 1.54) is 89.9 Å². The smallest absolute Gasteiger partial charge is 0.220 e. The predicted molar refractivity (Wildman–Crippen MR) is 374 cm³/mol. The normalized spacial score (nSPS) is 27.9. The van der Waals surface area contributed by atoms with Crippen LogP contribution in [0.25, 0.3) is 0 Å². The molecule has 1 amide bonds. The average Bonchev–Trinajstić information content (AvgIpc) is 0.786. The molecule has 0 aromatic heterocycles. The van der Waals surface area contributed by atoms with Crippen LogP contribution in [0.15, 0.2) is 109 Å². The number of rotatable bonds is 55. The van der Waals surface area contributed by atoms with Crippen LogP contribution < -0.4 is 5.32 Å². The van der Waals surface area contributed by atoms with Crippen LogP contribution in [-0.2, 0) is 33.2 Å². The lowest BCUT2D eigenvalue weighted by molar-refractivity contribution is -0.379. The van der Waals surface area contributed by atoms with Gasteiger partial charge in [-0.3, -0.25) is 4.79 Å². The fourth-order valence-corrected chi connectivity index (χ4v) is 11.7. The summed E-state index contributed by atoms with van der Waals surface area (Å²) in [6, 6.07) is -0.986. The van der Waals surface area contributed by atoms with Gasteiger partial charge >= 0.3 is 0 Å². The molecule has 0 saturated carbocycles. The van der Waals surface area contributed by atoms with E-state index < -0.39 is 124 Å². The van der Waals surface area contributed by atoms with Gasteiger partial charge < -0.3 is 89.9 Å². The van der Waals surface area contributed by atoms with Crippen molar-refractivity contribution in [1.29, 1.82) is 0 Å². The summed E-state index contributed by atoms with van der Waals surface area (Å²) >= 11 is 0. The van der Waals surface area contributed by atoms with Gasteiger partial charge in [-0.25, -0.2) is 0 Å². The highest BCUT2D eigenvalue weighted by molar-refractivity contribution is 5.76. The molecule has 95 heavy (non-hydrogen) atoms. The molecule has 3 aliphatic heterocycles. The van der Waals surface area contributed by atoms with Gasteiger partial charge in [-0.05, 0) is 83.5 Å². The second-order valence-corrected chi connectivity index (χ2v) is 25.7. The van der Waals surface area contributed by atoms with Crippen LogP contribution in [0, 0.1) is 0 Å². The van der Waals surface area contributed by atoms with Crippen molar-refractivity contribution in [2.24, 2.45) is 0 Å². The number of unbranched alkanes of at least 4 members (excludes halogenated alkanes) is 23. The van der Waals surface area contributed by atoms with E-state index in [-0.39, 0.29) is 18.9 Å². The molecule has 3 saturated heterocycles. The van der Waals surface area contributed by atoms with Crippen LogP contribution >= 0.6 is 0 Å². The lowest BCUT2D eigenvalue weighted by atomic mass is 9.96. The molecular weight excluding hydrogens is 1210 g/mol. The van der Waals surface area contributed by atoms with Crippen LogP contribution in [-0.4, -0.2) is 193 Å². The van der Waals surface area contributed by atoms with Crippen LogP contribution in [0.5, 0.6) is 0 Å². The molecule has 546 valence electrons. The Hall–Kier alpha value is -3.55. The Balaban J connectivity index is 1.40. The Bertz CT molecular complexity index is 2140. The highest BCUT2D eigenvalue weighted by Gasteiger charge is 2.53. The molecule has 19 heteroatoms. The first kappa shape index (κ1) is 85.7. The number of nitrogens with one attached hydrogen (secondary N) is 1. The number of ether oxygens (including phenoxy) is 6. The van der Waals surface area contributed by atoms with Gasteiger partial charge in [0.25, 0.3) is 0 Å². The number of carbonyl (C=O) groups excluding carboxylic acids is 1. The standard InChI is InChI=1S/C76H129NO18/c1-3-5-7-9-11-13-15-17-19-21-22-23-24-25-26-27-28-29-30-31-32-33-34-35-36-38-40-42-44-46-48-50-52-54-64(82)77-59(60(81)53-51-49-47-45-43-41-39-37-20-18-16-14-12-10-8-6-4-2)58-90-74-70(88)67(85)72(62(56-79)92-74)95-76-71(89)68(86)73(63(57-80)93-76)94-75-69(87)66(84)65(83)61(55-78)91-75/h5,7,11,13,17,19,22-23,25-26,28-29,31-32,34-35,51,53,59-63,65-76,78-81,83-89H,3-4,6,8-10,12,14-16,18,20-21,24,27,30,33,36-50,52,54-58H2,1-2H3,(H,77,82)/b7-5-,13-11-,19-17-,23-22-,26-25-,29-28-,32-31-,35-34-,53-51+. The van der Waals surface area contributed by atoms with E-state index >= 15 is 0 Å². The van der Waals surface area contributed by atoms with Gasteiger partial charge in [-0.2, -0.15) is 0 Å². The molecule has 3 rings (SSSR count). The summed E-state index contributed by atoms with van der Waals surface area (Å²) < 4.78 is 34.4. The van der Waals surface area contributed by atoms with Gasteiger partial charge in [0, 0.05) is 6.42 Å². The van der Waals surface area contributed by atoms with Crippen molar-refractivity contribution in [2.45, 2.75) is 336 Å². The molecule has 0 aromatic carbocycles. The Labute approximate surface area is 570 Å². The van der Waals surface area contributed by atoms with Crippen LogP contribution in [0.4, 0.5) is 0 Å². The molecule has 0 aliphatic carbocycles. The molecule has 0 radical (unpaired) electrons. The Morgan fingerprint density at radius 3 is 1.14 bits per heavy atom. The minimum atomic E-state index is -1.98. The van der Waals surface area contributed by atoms with Crippen molar-refractivity contribution in [3.63, 3.8) is 0 Å². The molecule has 17 unspecified atom stereocenters. The number of aliphatic hydroxyl groups is 11. The number of carbonyl (C=O) groups is 1. The molecule has 12 N–H and O–H groups in total. The number of hydrogen-bond donors (Lipinski definition) is 12. The number of amides is 1. The summed E-state index contributed by atoms with van der Waals surface area (Å²) in [5.74, 6) is -0.288. The zero-order valence-electron chi connectivity index (χ0n) is 57.9. The highest BCUT2D eigenvalue weighted by Crippen LogP contribution is 2.33. The Kier molecular flexibility index (Phi) is 50.7. The molecule has 3 fully saturated rings. The lowest BCUT2D eigenvalue weighted by Crippen LogP contribution is -2.66. The molecular formula is C76H129NO18. The van der Waals surface area contributed by atoms with E-state index in [0.717, 1.165) is 116 Å². The second-order valence-electron chi connectivity index (χ2n) is 25.7. The predicted octanol–water partition coefficient (Wildman–Crippen LogP) is 10.6. The Morgan fingerprint density at radius 1 is 0.389 bits per heavy atom. The zero-order valence-corrected chi connectivity index (χ0v) is 57.9. The van der Waals surface area contributed by atoms with Gasteiger partial charge in [0.2, 0.25) is 5.91 Å². The average molecular weight is 1340 g/mol. The summed E-state index contributed by atoms with van der Waals surface area (Å²) in [5.41, 5.74) is 0. The number of aliphatic hydroxyl groups excluding tert-OH is 11. The van der Waals surface area contributed by atoms with Crippen molar-refractivity contribution in [3.8, 4) is 0 Å².